The summed E-state index contributed by atoms with van der Waals surface area (Å²) >= 11 is 1.47. The van der Waals surface area contributed by atoms with Gasteiger partial charge in [0, 0.05) is 0 Å². The van der Waals surface area contributed by atoms with E-state index in [0.717, 1.165) is 10.2 Å². The quantitative estimate of drug-likeness (QED) is 0.772. The van der Waals surface area contributed by atoms with Crippen molar-refractivity contribution >= 4 is 32.6 Å². The first-order valence-electron chi connectivity index (χ1n) is 5.86. The number of aromatic nitrogens is 1. The van der Waals surface area contributed by atoms with E-state index in [4.69, 9.17) is 4.42 Å². The van der Waals surface area contributed by atoms with E-state index >= 15 is 0 Å². The standard InChI is InChI=1S/C14H12N2O2S/c1-8-3-4-11-12(7-8)19-14(15-11)16-13(17)10-5-6-18-9(10)2/h3-7H,1-2H3,(H,15,16,17). The molecule has 0 saturated carbocycles. The number of rotatable bonds is 2. The SMILES string of the molecule is Cc1ccc2nc(NC(=O)c3ccoc3C)sc2c1. The second-order valence-corrected chi connectivity index (χ2v) is 5.37. The fourth-order valence-electron chi connectivity index (χ4n) is 1.87. The van der Waals surface area contributed by atoms with Crippen LogP contribution < -0.4 is 5.32 Å². The summed E-state index contributed by atoms with van der Waals surface area (Å²) in [5, 5.41) is 3.41. The van der Waals surface area contributed by atoms with Crippen LogP contribution in [0.2, 0.25) is 0 Å². The van der Waals surface area contributed by atoms with Crippen molar-refractivity contribution in [1.29, 1.82) is 0 Å². The average molecular weight is 272 g/mol. The van der Waals surface area contributed by atoms with Crippen LogP contribution in [0.4, 0.5) is 5.13 Å². The Kier molecular flexibility index (Phi) is 2.83. The number of anilines is 1. The number of carbonyl (C=O) groups excluding carboxylic acids is 1. The molecule has 0 aliphatic rings. The Morgan fingerprint density at radius 1 is 1.32 bits per heavy atom. The molecule has 1 aromatic carbocycles. The summed E-state index contributed by atoms with van der Waals surface area (Å²) in [5.41, 5.74) is 2.62. The lowest BCUT2D eigenvalue weighted by molar-refractivity contribution is 0.102. The predicted molar refractivity (Wildman–Crippen MR) is 75.8 cm³/mol. The van der Waals surface area contributed by atoms with Crippen molar-refractivity contribution in [2.75, 3.05) is 5.32 Å². The molecule has 1 amide bonds. The van der Waals surface area contributed by atoms with E-state index in [1.54, 1.807) is 13.0 Å². The molecular formula is C14H12N2O2S. The lowest BCUT2D eigenvalue weighted by Crippen LogP contribution is -2.11. The molecule has 0 spiro atoms. The van der Waals surface area contributed by atoms with Crippen LogP contribution in [-0.2, 0) is 0 Å². The van der Waals surface area contributed by atoms with E-state index in [2.05, 4.69) is 16.4 Å². The highest BCUT2D eigenvalue weighted by Gasteiger charge is 2.13. The van der Waals surface area contributed by atoms with Crippen LogP contribution in [0.5, 0.6) is 0 Å². The Morgan fingerprint density at radius 3 is 2.89 bits per heavy atom. The van der Waals surface area contributed by atoms with Crippen molar-refractivity contribution in [3.8, 4) is 0 Å². The lowest BCUT2D eigenvalue weighted by atomic mass is 10.2. The van der Waals surface area contributed by atoms with Crippen LogP contribution >= 0.6 is 11.3 Å². The van der Waals surface area contributed by atoms with Crippen molar-refractivity contribution in [2.24, 2.45) is 0 Å². The van der Waals surface area contributed by atoms with Gasteiger partial charge in [-0.15, -0.1) is 0 Å². The van der Waals surface area contributed by atoms with Gasteiger partial charge in [-0.05, 0) is 37.6 Å². The smallest absolute Gasteiger partial charge is 0.260 e. The molecule has 0 aliphatic carbocycles. The van der Waals surface area contributed by atoms with Gasteiger partial charge in [-0.3, -0.25) is 10.1 Å². The largest absolute Gasteiger partial charge is 0.469 e. The van der Waals surface area contributed by atoms with Gasteiger partial charge < -0.3 is 4.42 Å². The summed E-state index contributed by atoms with van der Waals surface area (Å²) in [5.74, 6) is 0.413. The molecule has 0 aliphatic heterocycles. The summed E-state index contributed by atoms with van der Waals surface area (Å²) in [4.78, 5) is 16.4. The molecule has 2 aromatic heterocycles. The molecule has 0 saturated heterocycles. The minimum atomic E-state index is -0.193. The normalized spacial score (nSPS) is 10.8. The van der Waals surface area contributed by atoms with Gasteiger partial charge >= 0.3 is 0 Å². The number of nitrogens with one attached hydrogen (secondary N) is 1. The third-order valence-electron chi connectivity index (χ3n) is 2.87. The van der Waals surface area contributed by atoms with Gasteiger partial charge in [-0.25, -0.2) is 4.98 Å². The number of fused-ring (bicyclic) bond motifs is 1. The van der Waals surface area contributed by atoms with Gasteiger partial charge in [-0.1, -0.05) is 17.4 Å². The Balaban J connectivity index is 1.89. The van der Waals surface area contributed by atoms with Crippen LogP contribution in [0.3, 0.4) is 0 Å². The highest BCUT2D eigenvalue weighted by atomic mass is 32.1. The van der Waals surface area contributed by atoms with E-state index in [0.29, 0.717) is 16.5 Å². The molecule has 96 valence electrons. The number of amides is 1. The number of hydrogen-bond donors (Lipinski definition) is 1. The van der Waals surface area contributed by atoms with Crippen LogP contribution in [0, 0.1) is 13.8 Å². The molecule has 1 N–H and O–H groups in total. The predicted octanol–water partition coefficient (Wildman–Crippen LogP) is 3.76. The van der Waals surface area contributed by atoms with E-state index in [-0.39, 0.29) is 5.91 Å². The average Bonchev–Trinajstić information content (AvgIpc) is 2.94. The maximum absolute atomic E-state index is 12.0. The molecule has 3 aromatic rings. The second kappa shape index (κ2) is 4.51. The van der Waals surface area contributed by atoms with Gasteiger partial charge in [0.05, 0.1) is 22.0 Å². The Labute approximate surface area is 114 Å². The highest BCUT2D eigenvalue weighted by Crippen LogP contribution is 2.27. The number of carbonyl (C=O) groups is 1. The number of thiazole rings is 1. The van der Waals surface area contributed by atoms with Gasteiger partial charge in [0.15, 0.2) is 5.13 Å². The third-order valence-corrected chi connectivity index (χ3v) is 3.80. The van der Waals surface area contributed by atoms with Crippen LogP contribution in [0.25, 0.3) is 10.2 Å². The first kappa shape index (κ1) is 11.9. The number of nitrogens with zero attached hydrogens (tertiary/aromatic N) is 1. The van der Waals surface area contributed by atoms with Crippen molar-refractivity contribution in [1.82, 2.24) is 4.98 Å². The molecule has 0 atom stereocenters. The summed E-state index contributed by atoms with van der Waals surface area (Å²) in [6.45, 7) is 3.79. The molecule has 3 rings (SSSR count). The minimum absolute atomic E-state index is 0.193. The molecule has 0 bridgehead atoms. The lowest BCUT2D eigenvalue weighted by Gasteiger charge is -1.98. The van der Waals surface area contributed by atoms with Crippen molar-refractivity contribution in [2.45, 2.75) is 13.8 Å². The van der Waals surface area contributed by atoms with Crippen LogP contribution in [0.1, 0.15) is 21.7 Å². The first-order chi connectivity index (χ1) is 9.13. The van der Waals surface area contributed by atoms with Crippen LogP contribution in [0.15, 0.2) is 34.9 Å². The molecule has 0 radical (unpaired) electrons. The summed E-state index contributed by atoms with van der Waals surface area (Å²) in [6, 6.07) is 7.68. The number of hydrogen-bond acceptors (Lipinski definition) is 4. The van der Waals surface area contributed by atoms with E-state index < -0.39 is 0 Å². The Morgan fingerprint density at radius 2 is 2.16 bits per heavy atom. The van der Waals surface area contributed by atoms with Crippen molar-refractivity contribution in [3.05, 3.63) is 47.4 Å². The first-order valence-corrected chi connectivity index (χ1v) is 6.68. The molecule has 4 nitrogen and oxygen atoms in total. The van der Waals surface area contributed by atoms with E-state index in [9.17, 15) is 4.79 Å². The number of benzene rings is 1. The number of aryl methyl sites for hydroxylation is 2. The highest BCUT2D eigenvalue weighted by molar-refractivity contribution is 7.22. The van der Waals surface area contributed by atoms with Gasteiger partial charge in [-0.2, -0.15) is 0 Å². The van der Waals surface area contributed by atoms with E-state index in [1.165, 1.54) is 23.2 Å². The molecule has 2 heterocycles. The second-order valence-electron chi connectivity index (χ2n) is 4.33. The maximum atomic E-state index is 12.0. The molecule has 5 heteroatoms. The van der Waals surface area contributed by atoms with Crippen molar-refractivity contribution in [3.63, 3.8) is 0 Å². The van der Waals surface area contributed by atoms with Gasteiger partial charge in [0.2, 0.25) is 0 Å². The fourth-order valence-corrected chi connectivity index (χ4v) is 2.83. The summed E-state index contributed by atoms with van der Waals surface area (Å²) in [7, 11) is 0. The monoisotopic (exact) mass is 272 g/mol. The summed E-state index contributed by atoms with van der Waals surface area (Å²) < 4.78 is 6.19. The Hall–Kier alpha value is -2.14. The molecular weight excluding hydrogens is 260 g/mol. The maximum Gasteiger partial charge on any atom is 0.260 e. The zero-order chi connectivity index (χ0) is 13.4. The third kappa shape index (κ3) is 2.24. The topological polar surface area (TPSA) is 55.1 Å². The van der Waals surface area contributed by atoms with Gasteiger partial charge in [0.25, 0.3) is 5.91 Å². The number of furan rings is 1. The minimum Gasteiger partial charge on any atom is -0.469 e. The fraction of sp³-hybridized carbons (Fsp3) is 0.143. The molecule has 0 unspecified atom stereocenters. The van der Waals surface area contributed by atoms with Gasteiger partial charge in [0.1, 0.15) is 5.76 Å². The molecule has 0 fully saturated rings. The van der Waals surface area contributed by atoms with Crippen LogP contribution in [-0.4, -0.2) is 10.9 Å². The van der Waals surface area contributed by atoms with E-state index in [1.807, 2.05) is 19.1 Å². The summed E-state index contributed by atoms with van der Waals surface area (Å²) in [6.07, 6.45) is 1.51. The Bertz CT molecular complexity index is 758. The zero-order valence-corrected chi connectivity index (χ0v) is 11.4. The van der Waals surface area contributed by atoms with Crippen molar-refractivity contribution < 1.29 is 9.21 Å². The molecule has 19 heavy (non-hydrogen) atoms. The zero-order valence-electron chi connectivity index (χ0n) is 10.6.